The van der Waals surface area contributed by atoms with Crippen LogP contribution in [0.25, 0.3) is 0 Å². The molecule has 1 amide bonds. The van der Waals surface area contributed by atoms with Gasteiger partial charge < -0.3 is 25.0 Å². The van der Waals surface area contributed by atoms with Crippen LogP contribution in [0.4, 0.5) is 14.6 Å². The fraction of sp³-hybridized carbons (Fsp3) is 0.353. The minimum absolute atomic E-state index is 0.138. The number of aromatic nitrogens is 2. The number of hydrogen-bond donors (Lipinski definition) is 3. The molecule has 1 saturated heterocycles. The number of anilines is 1. The number of halogens is 2. The van der Waals surface area contributed by atoms with Crippen molar-refractivity contribution in [1.82, 2.24) is 9.55 Å². The summed E-state index contributed by atoms with van der Waals surface area (Å²) in [5.74, 6) is -3.36. The van der Waals surface area contributed by atoms with Gasteiger partial charge in [-0.15, -0.1) is 0 Å². The molecule has 2 aliphatic rings. The van der Waals surface area contributed by atoms with Crippen molar-refractivity contribution in [3.8, 4) is 5.75 Å². The second-order valence-corrected chi connectivity index (χ2v) is 7.32. The molecule has 29 heavy (non-hydrogen) atoms. The lowest BCUT2D eigenvalue weighted by Crippen LogP contribution is -2.41. The van der Waals surface area contributed by atoms with E-state index < -0.39 is 42.6 Å². The second-order valence-electron chi connectivity index (χ2n) is 6.35. The number of carbonyl (C=O) groups excluding carboxylic acids is 1. The van der Waals surface area contributed by atoms with Crippen LogP contribution in [0.2, 0.25) is 0 Å². The lowest BCUT2D eigenvalue weighted by atomic mass is 10.1. The number of fused-ring (bicyclic) bond motifs is 1. The van der Waals surface area contributed by atoms with Crippen molar-refractivity contribution in [3.63, 3.8) is 0 Å². The first-order valence-corrected chi connectivity index (χ1v) is 9.42. The highest BCUT2D eigenvalue weighted by Crippen LogP contribution is 2.42. The number of nitrogens with zero attached hydrogens (tertiary/aromatic N) is 2. The van der Waals surface area contributed by atoms with Crippen LogP contribution < -0.4 is 15.7 Å². The van der Waals surface area contributed by atoms with E-state index >= 15 is 0 Å². The van der Waals surface area contributed by atoms with Crippen molar-refractivity contribution in [2.45, 2.75) is 29.3 Å². The number of rotatable bonds is 4. The molecular formula is C17H15F2N3O6S. The second kappa shape index (κ2) is 7.37. The standard InChI is InChI=1S/C17H15F2N3O6S/c18-17(19)13(24)10(6-23)28-15(17)22-4-3-12(21-16(22)26)20-14(25)8-1-2-9-11(5-8)29-7-27-9/h1-5,10,13,15,23-24H,6-7H2,(H,20,21,25,26)/t10-,13-,15?/m1/s1. The van der Waals surface area contributed by atoms with E-state index in [0.29, 0.717) is 21.8 Å². The van der Waals surface area contributed by atoms with E-state index in [9.17, 15) is 23.5 Å². The van der Waals surface area contributed by atoms with Gasteiger partial charge in [-0.05, 0) is 24.3 Å². The number of nitrogens with one attached hydrogen (secondary N) is 1. The molecule has 1 aromatic heterocycles. The lowest BCUT2D eigenvalue weighted by molar-refractivity contribution is -0.140. The molecule has 1 unspecified atom stereocenters. The molecule has 2 aromatic rings. The first-order chi connectivity index (χ1) is 13.8. The third-order valence-electron chi connectivity index (χ3n) is 4.52. The fourth-order valence-corrected chi connectivity index (χ4v) is 3.80. The van der Waals surface area contributed by atoms with Gasteiger partial charge in [0.2, 0.25) is 6.23 Å². The lowest BCUT2D eigenvalue weighted by Gasteiger charge is -2.21. The van der Waals surface area contributed by atoms with Crippen LogP contribution in [-0.4, -0.2) is 56.3 Å². The molecule has 0 spiro atoms. The summed E-state index contributed by atoms with van der Waals surface area (Å²) in [6, 6.07) is 5.98. The van der Waals surface area contributed by atoms with E-state index in [1.165, 1.54) is 11.8 Å². The molecule has 4 rings (SSSR count). The monoisotopic (exact) mass is 427 g/mol. The van der Waals surface area contributed by atoms with Crippen LogP contribution in [0.5, 0.6) is 5.75 Å². The van der Waals surface area contributed by atoms with Crippen molar-refractivity contribution >= 4 is 23.5 Å². The van der Waals surface area contributed by atoms with Gasteiger partial charge in [-0.2, -0.15) is 13.8 Å². The van der Waals surface area contributed by atoms with E-state index in [1.54, 1.807) is 18.2 Å². The van der Waals surface area contributed by atoms with Gasteiger partial charge in [0.25, 0.3) is 5.91 Å². The van der Waals surface area contributed by atoms with E-state index in [-0.39, 0.29) is 5.82 Å². The molecule has 0 radical (unpaired) electrons. The number of alkyl halides is 2. The quantitative estimate of drug-likeness (QED) is 0.656. The summed E-state index contributed by atoms with van der Waals surface area (Å²) in [4.78, 5) is 29.0. The van der Waals surface area contributed by atoms with Crippen molar-refractivity contribution < 1.29 is 33.3 Å². The normalized spacial score (nSPS) is 24.8. The van der Waals surface area contributed by atoms with Crippen LogP contribution in [-0.2, 0) is 4.74 Å². The highest BCUT2D eigenvalue weighted by atomic mass is 32.2. The molecule has 1 aromatic carbocycles. The SMILES string of the molecule is O=C(Nc1ccn(C2O[C@H](CO)[C@@H](O)C2(F)F)c(=O)n1)c1ccc2c(c1)SCO2. The van der Waals surface area contributed by atoms with E-state index in [0.717, 1.165) is 17.2 Å². The molecule has 1 fully saturated rings. The Kier molecular flexibility index (Phi) is 5.02. The maximum absolute atomic E-state index is 14.2. The van der Waals surface area contributed by atoms with Crippen LogP contribution in [0.3, 0.4) is 0 Å². The van der Waals surface area contributed by atoms with E-state index in [4.69, 9.17) is 14.6 Å². The molecule has 154 valence electrons. The number of ether oxygens (including phenoxy) is 2. The first-order valence-electron chi connectivity index (χ1n) is 8.43. The van der Waals surface area contributed by atoms with E-state index in [1.807, 2.05) is 0 Å². The van der Waals surface area contributed by atoms with Gasteiger partial charge in [0.1, 0.15) is 23.6 Å². The Morgan fingerprint density at radius 3 is 2.90 bits per heavy atom. The van der Waals surface area contributed by atoms with Gasteiger partial charge in [-0.3, -0.25) is 9.36 Å². The summed E-state index contributed by atoms with van der Waals surface area (Å²) >= 11 is 1.43. The molecule has 0 aliphatic carbocycles. The number of thioether (sulfide) groups is 1. The highest BCUT2D eigenvalue weighted by molar-refractivity contribution is 7.99. The van der Waals surface area contributed by atoms with Gasteiger partial charge in [0.05, 0.1) is 11.5 Å². The molecule has 12 heteroatoms. The molecule has 2 aliphatic heterocycles. The molecule has 3 atom stereocenters. The summed E-state index contributed by atoms with van der Waals surface area (Å²) in [5, 5.41) is 21.0. The van der Waals surface area contributed by atoms with Crippen molar-refractivity contribution in [2.24, 2.45) is 0 Å². The number of aliphatic hydroxyl groups excluding tert-OH is 2. The van der Waals surface area contributed by atoms with Crippen LogP contribution in [0.15, 0.2) is 40.2 Å². The Morgan fingerprint density at radius 1 is 1.41 bits per heavy atom. The Hall–Kier alpha value is -2.54. The zero-order chi connectivity index (χ0) is 20.8. The highest BCUT2D eigenvalue weighted by Gasteiger charge is 2.59. The van der Waals surface area contributed by atoms with Gasteiger partial charge in [0, 0.05) is 11.8 Å². The summed E-state index contributed by atoms with van der Waals surface area (Å²) in [7, 11) is 0. The topological polar surface area (TPSA) is 123 Å². The Balaban J connectivity index is 1.53. The number of carbonyl (C=O) groups is 1. The van der Waals surface area contributed by atoms with E-state index in [2.05, 4.69) is 10.3 Å². The van der Waals surface area contributed by atoms with Gasteiger partial charge in [-0.25, -0.2) is 4.79 Å². The zero-order valence-corrected chi connectivity index (χ0v) is 15.4. The fourth-order valence-electron chi connectivity index (χ4n) is 3.01. The molecule has 0 saturated carbocycles. The number of benzene rings is 1. The third-order valence-corrected chi connectivity index (χ3v) is 5.38. The number of amides is 1. The Morgan fingerprint density at radius 2 is 2.21 bits per heavy atom. The molecule has 3 N–H and O–H groups in total. The Bertz CT molecular complexity index is 1020. The first kappa shape index (κ1) is 19.8. The van der Waals surface area contributed by atoms with Crippen molar-refractivity contribution in [1.29, 1.82) is 0 Å². The van der Waals surface area contributed by atoms with Crippen molar-refractivity contribution in [2.75, 3.05) is 17.9 Å². The van der Waals surface area contributed by atoms with Gasteiger partial charge in [0.15, 0.2) is 6.10 Å². The molecule has 0 bridgehead atoms. The largest absolute Gasteiger partial charge is 0.481 e. The summed E-state index contributed by atoms with van der Waals surface area (Å²) < 4.78 is 39.1. The summed E-state index contributed by atoms with van der Waals surface area (Å²) in [6.07, 6.45) is -4.97. The zero-order valence-electron chi connectivity index (χ0n) is 14.6. The summed E-state index contributed by atoms with van der Waals surface area (Å²) in [5.41, 5.74) is -0.802. The van der Waals surface area contributed by atoms with Crippen LogP contribution >= 0.6 is 11.8 Å². The predicted molar refractivity (Wildman–Crippen MR) is 96.2 cm³/mol. The molecule has 9 nitrogen and oxygen atoms in total. The maximum Gasteiger partial charge on any atom is 0.351 e. The average molecular weight is 427 g/mol. The minimum Gasteiger partial charge on any atom is -0.481 e. The molecular weight excluding hydrogens is 412 g/mol. The smallest absolute Gasteiger partial charge is 0.351 e. The summed E-state index contributed by atoms with van der Waals surface area (Å²) in [6.45, 7) is -0.840. The van der Waals surface area contributed by atoms with Crippen LogP contribution in [0, 0.1) is 0 Å². The number of aliphatic hydroxyl groups is 2. The average Bonchev–Trinajstić information content (AvgIpc) is 3.24. The maximum atomic E-state index is 14.2. The predicted octanol–water partition coefficient (Wildman–Crippen LogP) is 0.823. The van der Waals surface area contributed by atoms with Gasteiger partial charge in [-0.1, -0.05) is 11.8 Å². The van der Waals surface area contributed by atoms with Crippen LogP contribution in [0.1, 0.15) is 16.6 Å². The molecule has 3 heterocycles. The number of hydrogen-bond acceptors (Lipinski definition) is 8. The Labute approximate surface area is 166 Å². The van der Waals surface area contributed by atoms with Gasteiger partial charge >= 0.3 is 11.6 Å². The minimum atomic E-state index is -3.81. The van der Waals surface area contributed by atoms with Crippen molar-refractivity contribution in [3.05, 3.63) is 46.5 Å². The third kappa shape index (κ3) is 3.48.